The Kier molecular flexibility index (Phi) is 5.30. The van der Waals surface area contributed by atoms with Crippen molar-refractivity contribution in [3.8, 4) is 0 Å². The third-order valence-electron chi connectivity index (χ3n) is 2.96. The van der Waals surface area contributed by atoms with Gasteiger partial charge in [0.25, 0.3) is 5.91 Å². The molecule has 0 saturated carbocycles. The van der Waals surface area contributed by atoms with Crippen LogP contribution in [-0.2, 0) is 4.79 Å². The van der Waals surface area contributed by atoms with Crippen LogP contribution in [0.3, 0.4) is 0 Å². The summed E-state index contributed by atoms with van der Waals surface area (Å²) in [4.78, 5) is 23.0. The molecule has 1 unspecified atom stereocenters. The van der Waals surface area contributed by atoms with E-state index in [1.54, 1.807) is 6.92 Å². The molecule has 0 aliphatic rings. The first-order chi connectivity index (χ1) is 8.88. The summed E-state index contributed by atoms with van der Waals surface area (Å²) < 4.78 is 13.2. The van der Waals surface area contributed by atoms with Crippen molar-refractivity contribution < 1.29 is 19.1 Å². The number of carbonyl (C=O) groups excluding carboxylic acids is 1. The van der Waals surface area contributed by atoms with Crippen LogP contribution >= 0.6 is 11.6 Å². The average Bonchev–Trinajstić information content (AvgIpc) is 2.37. The zero-order valence-electron chi connectivity index (χ0n) is 10.6. The number of hydrogen-bond acceptors (Lipinski definition) is 2. The van der Waals surface area contributed by atoms with Gasteiger partial charge in [0.05, 0.1) is 10.6 Å². The molecule has 0 aromatic heterocycles. The highest BCUT2D eigenvalue weighted by Gasteiger charge is 2.26. The molecule has 2 atom stereocenters. The van der Waals surface area contributed by atoms with Crippen LogP contribution in [0, 0.1) is 11.7 Å². The normalized spacial score (nSPS) is 13.7. The molecule has 1 amide bonds. The first kappa shape index (κ1) is 15.4. The smallest absolute Gasteiger partial charge is 0.326 e. The van der Waals surface area contributed by atoms with Gasteiger partial charge in [0.1, 0.15) is 11.9 Å². The van der Waals surface area contributed by atoms with Gasteiger partial charge in [0.15, 0.2) is 0 Å². The van der Waals surface area contributed by atoms with Crippen molar-refractivity contribution in [2.24, 2.45) is 5.92 Å². The molecule has 0 heterocycles. The quantitative estimate of drug-likeness (QED) is 0.875. The summed E-state index contributed by atoms with van der Waals surface area (Å²) in [5, 5.41) is 11.1. The number of rotatable bonds is 5. The third-order valence-corrected chi connectivity index (χ3v) is 3.35. The molecule has 0 spiro atoms. The lowest BCUT2D eigenvalue weighted by molar-refractivity contribution is -0.140. The molecule has 19 heavy (non-hydrogen) atoms. The van der Waals surface area contributed by atoms with Crippen molar-refractivity contribution in [3.63, 3.8) is 0 Å². The molecule has 0 saturated heterocycles. The van der Waals surface area contributed by atoms with E-state index in [4.69, 9.17) is 16.7 Å². The Hall–Kier alpha value is -1.62. The van der Waals surface area contributed by atoms with Crippen molar-refractivity contribution in [3.05, 3.63) is 34.6 Å². The van der Waals surface area contributed by atoms with Crippen molar-refractivity contribution >= 4 is 23.5 Å². The highest BCUT2D eigenvalue weighted by Crippen LogP contribution is 2.20. The Bertz CT molecular complexity index is 493. The predicted octanol–water partition coefficient (Wildman–Crippen LogP) is 2.71. The van der Waals surface area contributed by atoms with E-state index in [9.17, 15) is 14.0 Å². The maximum atomic E-state index is 13.2. The molecule has 1 aromatic rings. The van der Waals surface area contributed by atoms with Crippen molar-refractivity contribution in [2.45, 2.75) is 26.3 Å². The van der Waals surface area contributed by atoms with Gasteiger partial charge in [-0.1, -0.05) is 37.9 Å². The number of benzene rings is 1. The Morgan fingerprint density at radius 2 is 2.11 bits per heavy atom. The van der Waals surface area contributed by atoms with Gasteiger partial charge in [-0.2, -0.15) is 0 Å². The number of halogens is 2. The molecule has 4 nitrogen and oxygen atoms in total. The summed E-state index contributed by atoms with van der Waals surface area (Å²) in [6.45, 7) is 3.54. The van der Waals surface area contributed by atoms with E-state index in [1.807, 2.05) is 6.92 Å². The predicted molar refractivity (Wildman–Crippen MR) is 69.8 cm³/mol. The summed E-state index contributed by atoms with van der Waals surface area (Å²) in [6.07, 6.45) is 0.591. The van der Waals surface area contributed by atoms with Crippen LogP contribution in [-0.4, -0.2) is 23.0 Å². The first-order valence-corrected chi connectivity index (χ1v) is 6.24. The summed E-state index contributed by atoms with van der Waals surface area (Å²) in [5.41, 5.74) is -0.0729. The molecule has 0 aliphatic heterocycles. The van der Waals surface area contributed by atoms with Gasteiger partial charge in [-0.15, -0.1) is 0 Å². The fraction of sp³-hybridized carbons (Fsp3) is 0.385. The van der Waals surface area contributed by atoms with E-state index in [0.29, 0.717) is 6.42 Å². The Morgan fingerprint density at radius 1 is 1.47 bits per heavy atom. The number of aliphatic carboxylic acids is 1. The molecule has 6 heteroatoms. The second-order valence-electron chi connectivity index (χ2n) is 4.28. The summed E-state index contributed by atoms with van der Waals surface area (Å²) >= 11 is 5.68. The minimum Gasteiger partial charge on any atom is -0.480 e. The van der Waals surface area contributed by atoms with Crippen LogP contribution in [0.5, 0.6) is 0 Å². The van der Waals surface area contributed by atoms with Gasteiger partial charge < -0.3 is 10.4 Å². The minimum atomic E-state index is -1.13. The standard InChI is InChI=1S/C13H15ClFNO3/c1-3-7(2)11(13(18)19)16-12(17)8-5-4-6-9(15)10(8)14/h4-7,11H,3H2,1-2H3,(H,16,17)(H,18,19)/t7?,11-/m0/s1. The highest BCUT2D eigenvalue weighted by molar-refractivity contribution is 6.34. The molecular weight excluding hydrogens is 273 g/mol. The van der Waals surface area contributed by atoms with Crippen LogP contribution < -0.4 is 5.32 Å². The zero-order valence-corrected chi connectivity index (χ0v) is 11.4. The monoisotopic (exact) mass is 287 g/mol. The Labute approximate surface area is 115 Å². The number of carboxylic acids is 1. The maximum Gasteiger partial charge on any atom is 0.326 e. The maximum absolute atomic E-state index is 13.2. The first-order valence-electron chi connectivity index (χ1n) is 5.86. The number of carbonyl (C=O) groups is 2. The van der Waals surface area contributed by atoms with E-state index in [-0.39, 0.29) is 16.5 Å². The number of hydrogen-bond donors (Lipinski definition) is 2. The molecule has 0 aliphatic carbocycles. The lowest BCUT2D eigenvalue weighted by Crippen LogP contribution is -2.45. The average molecular weight is 288 g/mol. The van der Waals surface area contributed by atoms with Crippen molar-refractivity contribution in [2.75, 3.05) is 0 Å². The fourth-order valence-electron chi connectivity index (χ4n) is 1.58. The van der Waals surface area contributed by atoms with Crippen LogP contribution in [0.1, 0.15) is 30.6 Å². The van der Waals surface area contributed by atoms with E-state index < -0.39 is 23.7 Å². The number of nitrogens with one attached hydrogen (secondary N) is 1. The van der Waals surface area contributed by atoms with Gasteiger partial charge in [-0.05, 0) is 18.1 Å². The van der Waals surface area contributed by atoms with E-state index in [1.165, 1.54) is 12.1 Å². The number of amides is 1. The minimum absolute atomic E-state index is 0.0729. The molecule has 1 rings (SSSR count). The summed E-state index contributed by atoms with van der Waals surface area (Å²) in [5.74, 6) is -2.79. The van der Waals surface area contributed by atoms with Crippen LogP contribution in [0.15, 0.2) is 18.2 Å². The largest absolute Gasteiger partial charge is 0.480 e. The van der Waals surface area contributed by atoms with Gasteiger partial charge in [0.2, 0.25) is 0 Å². The summed E-state index contributed by atoms with van der Waals surface area (Å²) in [6, 6.07) is 2.78. The molecule has 104 valence electrons. The van der Waals surface area contributed by atoms with Gasteiger partial charge in [-0.3, -0.25) is 4.79 Å². The van der Waals surface area contributed by atoms with Gasteiger partial charge >= 0.3 is 5.97 Å². The van der Waals surface area contributed by atoms with Gasteiger partial charge in [-0.25, -0.2) is 9.18 Å². The lowest BCUT2D eigenvalue weighted by Gasteiger charge is -2.20. The highest BCUT2D eigenvalue weighted by atomic mass is 35.5. The molecule has 0 bridgehead atoms. The van der Waals surface area contributed by atoms with E-state index in [2.05, 4.69) is 5.32 Å². The SMILES string of the molecule is CCC(C)[C@H](NC(=O)c1cccc(F)c1Cl)C(=O)O. The Morgan fingerprint density at radius 3 is 2.63 bits per heavy atom. The van der Waals surface area contributed by atoms with Crippen LogP contribution in [0.2, 0.25) is 5.02 Å². The molecular formula is C13H15ClFNO3. The molecule has 0 radical (unpaired) electrons. The summed E-state index contributed by atoms with van der Waals surface area (Å²) in [7, 11) is 0. The second kappa shape index (κ2) is 6.52. The molecule has 1 aromatic carbocycles. The fourth-order valence-corrected chi connectivity index (χ4v) is 1.79. The second-order valence-corrected chi connectivity index (χ2v) is 4.65. The van der Waals surface area contributed by atoms with Gasteiger partial charge in [0, 0.05) is 0 Å². The zero-order chi connectivity index (χ0) is 14.6. The van der Waals surface area contributed by atoms with Crippen LogP contribution in [0.25, 0.3) is 0 Å². The van der Waals surface area contributed by atoms with E-state index in [0.717, 1.165) is 6.07 Å². The number of carboxylic acid groups (broad SMARTS) is 1. The molecule has 2 N–H and O–H groups in total. The third kappa shape index (κ3) is 3.67. The van der Waals surface area contributed by atoms with Crippen molar-refractivity contribution in [1.82, 2.24) is 5.32 Å². The topological polar surface area (TPSA) is 66.4 Å². The lowest BCUT2D eigenvalue weighted by atomic mass is 9.99. The van der Waals surface area contributed by atoms with Crippen LogP contribution in [0.4, 0.5) is 4.39 Å². The van der Waals surface area contributed by atoms with Crippen molar-refractivity contribution in [1.29, 1.82) is 0 Å². The Balaban J connectivity index is 2.94. The molecule has 0 fully saturated rings. The van der Waals surface area contributed by atoms with E-state index >= 15 is 0 Å².